The fraction of sp³-hybridized carbons (Fsp3) is 0.200. The molecule has 0 aliphatic carbocycles. The fourth-order valence-corrected chi connectivity index (χ4v) is 1.91. The van der Waals surface area contributed by atoms with Crippen LogP contribution in [0.3, 0.4) is 0 Å². The maximum Gasteiger partial charge on any atom is 0.182 e. The third-order valence-corrected chi connectivity index (χ3v) is 3.04. The van der Waals surface area contributed by atoms with Crippen LogP contribution in [-0.2, 0) is 0 Å². The van der Waals surface area contributed by atoms with Gasteiger partial charge in [-0.05, 0) is 31.5 Å². The van der Waals surface area contributed by atoms with E-state index >= 15 is 0 Å². The molecule has 5 heteroatoms. The van der Waals surface area contributed by atoms with Crippen molar-refractivity contribution in [3.05, 3.63) is 52.8 Å². The molecule has 0 bridgehead atoms. The summed E-state index contributed by atoms with van der Waals surface area (Å²) in [6, 6.07) is 5.42. The van der Waals surface area contributed by atoms with Crippen molar-refractivity contribution in [3.8, 4) is 5.75 Å². The highest BCUT2D eigenvalue weighted by Gasteiger charge is 2.17. The van der Waals surface area contributed by atoms with Crippen LogP contribution in [0.5, 0.6) is 5.75 Å². The molecule has 2 aromatic carbocycles. The van der Waals surface area contributed by atoms with Crippen molar-refractivity contribution in [2.45, 2.75) is 13.8 Å². The number of rotatable bonds is 3. The van der Waals surface area contributed by atoms with E-state index in [4.69, 9.17) is 4.74 Å². The van der Waals surface area contributed by atoms with Gasteiger partial charge >= 0.3 is 0 Å². The van der Waals surface area contributed by atoms with Gasteiger partial charge in [-0.3, -0.25) is 0 Å². The number of anilines is 2. The Labute approximate surface area is 115 Å². The minimum absolute atomic E-state index is 0.0743. The Morgan fingerprint density at radius 2 is 1.70 bits per heavy atom. The zero-order valence-electron chi connectivity index (χ0n) is 11.4. The van der Waals surface area contributed by atoms with Crippen LogP contribution in [-0.4, -0.2) is 7.11 Å². The summed E-state index contributed by atoms with van der Waals surface area (Å²) in [4.78, 5) is 0. The van der Waals surface area contributed by atoms with Crippen LogP contribution in [0.15, 0.2) is 24.3 Å². The van der Waals surface area contributed by atoms with Gasteiger partial charge in [-0.15, -0.1) is 0 Å². The van der Waals surface area contributed by atoms with Crippen LogP contribution >= 0.6 is 0 Å². The Balaban J connectivity index is 2.50. The maximum absolute atomic E-state index is 13.9. The molecule has 106 valence electrons. The lowest BCUT2D eigenvalue weighted by molar-refractivity contribution is 0.404. The summed E-state index contributed by atoms with van der Waals surface area (Å²) in [5, 5.41) is 2.58. The summed E-state index contributed by atoms with van der Waals surface area (Å²) in [6.45, 7) is 3.31. The molecule has 0 heterocycles. The standard InChI is InChI=1S/C15H14F3NO/c1-8-4-5-12(10(16)6-8)19-15-9(2)13(20-3)7-11(17)14(15)18/h4-7,19H,1-3H3. The van der Waals surface area contributed by atoms with Gasteiger partial charge < -0.3 is 10.1 Å². The van der Waals surface area contributed by atoms with E-state index < -0.39 is 17.5 Å². The highest BCUT2D eigenvalue weighted by Crippen LogP contribution is 2.33. The van der Waals surface area contributed by atoms with E-state index in [1.165, 1.54) is 19.2 Å². The summed E-state index contributed by atoms with van der Waals surface area (Å²) in [5.74, 6) is -2.46. The average Bonchev–Trinajstić information content (AvgIpc) is 2.41. The predicted octanol–water partition coefficient (Wildman–Crippen LogP) is 4.47. The summed E-state index contributed by atoms with van der Waals surface area (Å²) in [7, 11) is 1.36. The minimum Gasteiger partial charge on any atom is -0.496 e. The Bertz CT molecular complexity index is 656. The second kappa shape index (κ2) is 5.45. The molecule has 0 fully saturated rings. The average molecular weight is 281 g/mol. The quantitative estimate of drug-likeness (QED) is 0.896. The molecular weight excluding hydrogens is 267 g/mol. The number of ether oxygens (including phenoxy) is 1. The molecule has 0 atom stereocenters. The number of halogens is 3. The van der Waals surface area contributed by atoms with Gasteiger partial charge in [0.1, 0.15) is 11.6 Å². The van der Waals surface area contributed by atoms with Gasteiger partial charge in [0.15, 0.2) is 11.6 Å². The SMILES string of the molecule is COc1cc(F)c(F)c(Nc2ccc(C)cc2F)c1C. The van der Waals surface area contributed by atoms with Crippen molar-refractivity contribution < 1.29 is 17.9 Å². The monoisotopic (exact) mass is 281 g/mol. The van der Waals surface area contributed by atoms with Crippen LogP contribution in [0.25, 0.3) is 0 Å². The van der Waals surface area contributed by atoms with E-state index in [1.54, 1.807) is 19.9 Å². The van der Waals surface area contributed by atoms with Gasteiger partial charge in [-0.1, -0.05) is 6.07 Å². The van der Waals surface area contributed by atoms with Gasteiger partial charge in [-0.25, -0.2) is 13.2 Å². The topological polar surface area (TPSA) is 21.3 Å². The van der Waals surface area contributed by atoms with Crippen molar-refractivity contribution in [1.29, 1.82) is 0 Å². The number of benzene rings is 2. The highest BCUT2D eigenvalue weighted by molar-refractivity contribution is 5.67. The number of aryl methyl sites for hydroxylation is 1. The van der Waals surface area contributed by atoms with E-state index in [9.17, 15) is 13.2 Å². The van der Waals surface area contributed by atoms with Gasteiger partial charge in [0.25, 0.3) is 0 Å². The molecule has 2 aromatic rings. The van der Waals surface area contributed by atoms with Crippen molar-refractivity contribution in [1.82, 2.24) is 0 Å². The van der Waals surface area contributed by atoms with Gasteiger partial charge in [0.05, 0.1) is 18.5 Å². The lowest BCUT2D eigenvalue weighted by Crippen LogP contribution is -2.03. The van der Waals surface area contributed by atoms with Gasteiger partial charge in [0, 0.05) is 11.6 Å². The first-order valence-electron chi connectivity index (χ1n) is 5.99. The Kier molecular flexibility index (Phi) is 3.88. The third-order valence-electron chi connectivity index (χ3n) is 3.04. The fourth-order valence-electron chi connectivity index (χ4n) is 1.91. The number of methoxy groups -OCH3 is 1. The van der Waals surface area contributed by atoms with Gasteiger partial charge in [-0.2, -0.15) is 0 Å². The van der Waals surface area contributed by atoms with Crippen molar-refractivity contribution in [3.63, 3.8) is 0 Å². The number of nitrogens with one attached hydrogen (secondary N) is 1. The van der Waals surface area contributed by atoms with Crippen LogP contribution in [0, 0.1) is 31.3 Å². The van der Waals surface area contributed by atoms with Crippen molar-refractivity contribution >= 4 is 11.4 Å². The third kappa shape index (κ3) is 2.57. The molecular formula is C15H14F3NO. The normalized spacial score (nSPS) is 10.5. The summed E-state index contributed by atoms with van der Waals surface area (Å²) >= 11 is 0. The van der Waals surface area contributed by atoms with Gasteiger partial charge in [0.2, 0.25) is 0 Å². The second-order valence-corrected chi connectivity index (χ2v) is 4.48. The summed E-state index contributed by atoms with van der Waals surface area (Å²) in [5.41, 5.74) is 1.04. The Morgan fingerprint density at radius 3 is 2.30 bits per heavy atom. The van der Waals surface area contributed by atoms with E-state index in [-0.39, 0.29) is 17.1 Å². The molecule has 2 rings (SSSR count). The van der Waals surface area contributed by atoms with E-state index in [0.29, 0.717) is 5.56 Å². The first kappa shape index (κ1) is 14.2. The Hall–Kier alpha value is -2.17. The van der Waals surface area contributed by atoms with Crippen molar-refractivity contribution in [2.75, 3.05) is 12.4 Å². The smallest absolute Gasteiger partial charge is 0.182 e. The predicted molar refractivity (Wildman–Crippen MR) is 72.1 cm³/mol. The first-order chi connectivity index (χ1) is 9.43. The lowest BCUT2D eigenvalue weighted by Gasteiger charge is -2.15. The molecule has 0 amide bonds. The van der Waals surface area contributed by atoms with E-state index in [1.807, 2.05) is 0 Å². The zero-order chi connectivity index (χ0) is 14.9. The molecule has 0 aliphatic heterocycles. The molecule has 0 aliphatic rings. The maximum atomic E-state index is 13.9. The van der Waals surface area contributed by atoms with Crippen molar-refractivity contribution in [2.24, 2.45) is 0 Å². The molecule has 0 spiro atoms. The Morgan fingerprint density at radius 1 is 1.00 bits per heavy atom. The lowest BCUT2D eigenvalue weighted by atomic mass is 10.1. The molecule has 0 saturated heterocycles. The molecule has 0 saturated carbocycles. The molecule has 0 aromatic heterocycles. The van der Waals surface area contributed by atoms with Crippen LogP contribution < -0.4 is 10.1 Å². The molecule has 1 N–H and O–H groups in total. The largest absolute Gasteiger partial charge is 0.496 e. The minimum atomic E-state index is -1.07. The second-order valence-electron chi connectivity index (χ2n) is 4.48. The highest BCUT2D eigenvalue weighted by atomic mass is 19.2. The summed E-state index contributed by atoms with van der Waals surface area (Å²) in [6.07, 6.45) is 0. The zero-order valence-corrected chi connectivity index (χ0v) is 11.4. The van der Waals surface area contributed by atoms with E-state index in [2.05, 4.69) is 5.32 Å². The molecule has 20 heavy (non-hydrogen) atoms. The molecule has 2 nitrogen and oxygen atoms in total. The summed E-state index contributed by atoms with van der Waals surface area (Å²) < 4.78 is 46.1. The first-order valence-corrected chi connectivity index (χ1v) is 5.99. The number of hydrogen-bond donors (Lipinski definition) is 1. The molecule has 0 radical (unpaired) electrons. The molecule has 0 unspecified atom stereocenters. The van der Waals surface area contributed by atoms with E-state index in [0.717, 1.165) is 11.6 Å². The van der Waals surface area contributed by atoms with Crippen LogP contribution in [0.4, 0.5) is 24.5 Å². The van der Waals surface area contributed by atoms with Crippen LogP contribution in [0.2, 0.25) is 0 Å². The van der Waals surface area contributed by atoms with Crippen LogP contribution in [0.1, 0.15) is 11.1 Å². The number of hydrogen-bond acceptors (Lipinski definition) is 2.